The van der Waals surface area contributed by atoms with Crippen LogP contribution in [0.1, 0.15) is 56.3 Å². The molecule has 1 aromatic heterocycles. The molecule has 0 saturated heterocycles. The molecule has 0 spiro atoms. The molecule has 0 saturated carbocycles. The number of nitrogens with one attached hydrogen (secondary N) is 3. The summed E-state index contributed by atoms with van der Waals surface area (Å²) in [5.41, 5.74) is 3.23. The average molecular weight is 527 g/mol. The molecule has 1 atom stereocenters. The van der Waals surface area contributed by atoms with Crippen molar-refractivity contribution < 1.29 is 4.79 Å². The number of anilines is 1. The number of guanidine groups is 1. The van der Waals surface area contributed by atoms with Crippen LogP contribution in [0, 0.1) is 0 Å². The Labute approximate surface area is 194 Å². The van der Waals surface area contributed by atoms with Crippen LogP contribution < -0.4 is 16.0 Å². The minimum absolute atomic E-state index is 0. The third-order valence-corrected chi connectivity index (χ3v) is 5.49. The molecule has 3 N–H and O–H groups in total. The zero-order valence-electron chi connectivity index (χ0n) is 17.4. The van der Waals surface area contributed by atoms with Crippen LogP contribution in [0.25, 0.3) is 0 Å². The maximum absolute atomic E-state index is 12.0. The van der Waals surface area contributed by atoms with E-state index in [1.165, 1.54) is 5.56 Å². The second kappa shape index (κ2) is 10.4. The van der Waals surface area contributed by atoms with E-state index in [9.17, 15) is 4.79 Å². The van der Waals surface area contributed by atoms with E-state index >= 15 is 0 Å². The zero-order valence-corrected chi connectivity index (χ0v) is 20.6. The minimum Gasteiger partial charge on any atom is -0.357 e. The third-order valence-electron chi connectivity index (χ3n) is 4.66. The molecule has 0 bridgehead atoms. The van der Waals surface area contributed by atoms with Crippen molar-refractivity contribution in [3.63, 3.8) is 0 Å². The summed E-state index contributed by atoms with van der Waals surface area (Å²) in [6.45, 7) is 10.5. The van der Waals surface area contributed by atoms with Gasteiger partial charge in [-0.05, 0) is 18.6 Å². The first kappa shape index (κ1) is 23.6. The van der Waals surface area contributed by atoms with E-state index in [1.807, 2.05) is 25.1 Å². The Kier molecular flexibility index (Phi) is 8.45. The van der Waals surface area contributed by atoms with Crippen LogP contribution in [0.5, 0.6) is 0 Å². The molecule has 158 valence electrons. The highest BCUT2D eigenvalue weighted by atomic mass is 127. The van der Waals surface area contributed by atoms with Gasteiger partial charge in [0.2, 0.25) is 5.91 Å². The van der Waals surface area contributed by atoms with Crippen molar-refractivity contribution in [2.75, 3.05) is 18.4 Å². The van der Waals surface area contributed by atoms with E-state index in [-0.39, 0.29) is 41.2 Å². The second-order valence-electron chi connectivity index (χ2n) is 7.99. The first-order valence-corrected chi connectivity index (χ1v) is 10.6. The van der Waals surface area contributed by atoms with Gasteiger partial charge in [0.25, 0.3) is 0 Å². The van der Waals surface area contributed by atoms with E-state index in [1.54, 1.807) is 11.3 Å². The number of para-hydroxylation sites is 1. The topological polar surface area (TPSA) is 78.4 Å². The number of carbonyl (C=O) groups excluding carboxylic acids is 1. The molecule has 8 heteroatoms. The summed E-state index contributed by atoms with van der Waals surface area (Å²) < 4.78 is 0. The quantitative estimate of drug-likeness (QED) is 0.309. The van der Waals surface area contributed by atoms with Gasteiger partial charge in [0.1, 0.15) is 5.01 Å². The minimum atomic E-state index is 0. The molecule has 6 nitrogen and oxygen atoms in total. The van der Waals surface area contributed by atoms with E-state index < -0.39 is 0 Å². The van der Waals surface area contributed by atoms with Gasteiger partial charge in [-0.3, -0.25) is 4.79 Å². The molecule has 1 aromatic carbocycles. The van der Waals surface area contributed by atoms with Crippen molar-refractivity contribution in [1.82, 2.24) is 15.6 Å². The molecular formula is C21H30IN5OS. The van der Waals surface area contributed by atoms with E-state index in [4.69, 9.17) is 4.98 Å². The van der Waals surface area contributed by atoms with Crippen LogP contribution in [0.15, 0.2) is 34.6 Å². The number of benzene rings is 1. The number of halogens is 1. The average Bonchev–Trinajstić information content (AvgIpc) is 3.13. The standard InChI is InChI=1S/C21H29N5OS.HI/c1-5-22-20(24-12-19-26-17(13-28-19)21(2,3)4)23-11-14-10-18(27)25-16-9-7-6-8-15(14)16;/h6-9,13-14H,5,10-12H2,1-4H3,(H,25,27)(H2,22,23,24);1H. The molecule has 1 unspecified atom stereocenters. The van der Waals surface area contributed by atoms with Crippen molar-refractivity contribution in [2.45, 2.75) is 52.0 Å². The third kappa shape index (κ3) is 6.40. The Bertz CT molecular complexity index is 859. The second-order valence-corrected chi connectivity index (χ2v) is 8.93. The number of thiazole rings is 1. The first-order valence-electron chi connectivity index (χ1n) is 9.72. The Hall–Kier alpha value is -1.68. The summed E-state index contributed by atoms with van der Waals surface area (Å²) >= 11 is 1.65. The fourth-order valence-corrected chi connectivity index (χ4v) is 4.06. The fourth-order valence-electron chi connectivity index (χ4n) is 3.12. The highest BCUT2D eigenvalue weighted by molar-refractivity contribution is 14.0. The van der Waals surface area contributed by atoms with Gasteiger partial charge in [-0.1, -0.05) is 39.0 Å². The molecule has 0 aliphatic carbocycles. The van der Waals surface area contributed by atoms with Gasteiger partial charge in [-0.2, -0.15) is 0 Å². The van der Waals surface area contributed by atoms with Crippen molar-refractivity contribution in [2.24, 2.45) is 4.99 Å². The van der Waals surface area contributed by atoms with Gasteiger partial charge < -0.3 is 16.0 Å². The maximum Gasteiger partial charge on any atom is 0.225 e. The van der Waals surface area contributed by atoms with Crippen LogP contribution in [-0.2, 0) is 16.8 Å². The van der Waals surface area contributed by atoms with E-state index in [0.717, 1.165) is 28.9 Å². The van der Waals surface area contributed by atoms with Gasteiger partial charge in [0.05, 0.1) is 12.2 Å². The largest absolute Gasteiger partial charge is 0.357 e. The molecule has 2 heterocycles. The van der Waals surface area contributed by atoms with Crippen LogP contribution in [0.4, 0.5) is 5.69 Å². The van der Waals surface area contributed by atoms with Crippen LogP contribution in [0.3, 0.4) is 0 Å². The van der Waals surface area contributed by atoms with Crippen LogP contribution >= 0.6 is 35.3 Å². The predicted octanol–water partition coefficient (Wildman–Crippen LogP) is 4.24. The van der Waals surface area contributed by atoms with Crippen molar-refractivity contribution >= 4 is 52.9 Å². The number of aromatic nitrogens is 1. The van der Waals surface area contributed by atoms with Gasteiger partial charge in [0.15, 0.2) is 5.96 Å². The number of fused-ring (bicyclic) bond motifs is 1. The molecular weight excluding hydrogens is 497 g/mol. The van der Waals surface area contributed by atoms with Gasteiger partial charge >= 0.3 is 0 Å². The summed E-state index contributed by atoms with van der Waals surface area (Å²) in [5.74, 6) is 0.935. The van der Waals surface area contributed by atoms with Crippen molar-refractivity contribution in [1.29, 1.82) is 0 Å². The Morgan fingerprint density at radius 1 is 1.31 bits per heavy atom. The van der Waals surface area contributed by atoms with Gasteiger partial charge in [-0.15, -0.1) is 35.3 Å². The molecule has 2 aromatic rings. The number of rotatable bonds is 5. The normalized spacial score (nSPS) is 16.5. The number of aliphatic imine (C=N–C) groups is 1. The number of hydrogen-bond donors (Lipinski definition) is 3. The summed E-state index contributed by atoms with van der Waals surface area (Å²) in [7, 11) is 0. The molecule has 0 fully saturated rings. The zero-order chi connectivity index (χ0) is 20.1. The Morgan fingerprint density at radius 3 is 2.76 bits per heavy atom. The number of hydrogen-bond acceptors (Lipinski definition) is 4. The summed E-state index contributed by atoms with van der Waals surface area (Å²) in [5, 5.41) is 12.7. The molecule has 0 radical (unpaired) electrons. The van der Waals surface area contributed by atoms with E-state index in [0.29, 0.717) is 19.5 Å². The summed E-state index contributed by atoms with van der Waals surface area (Å²) in [6, 6.07) is 7.99. The summed E-state index contributed by atoms with van der Waals surface area (Å²) in [6.07, 6.45) is 0.477. The lowest BCUT2D eigenvalue weighted by atomic mass is 9.90. The number of amides is 1. The van der Waals surface area contributed by atoms with Crippen LogP contribution in [0.2, 0.25) is 0 Å². The molecule has 1 amide bonds. The molecule has 29 heavy (non-hydrogen) atoms. The van der Waals surface area contributed by atoms with Gasteiger partial charge in [-0.25, -0.2) is 9.98 Å². The first-order chi connectivity index (χ1) is 13.4. The van der Waals surface area contributed by atoms with E-state index in [2.05, 4.69) is 53.2 Å². The van der Waals surface area contributed by atoms with Crippen molar-refractivity contribution in [3.8, 4) is 0 Å². The lowest BCUT2D eigenvalue weighted by Gasteiger charge is -2.26. The van der Waals surface area contributed by atoms with Crippen LogP contribution in [-0.4, -0.2) is 29.9 Å². The van der Waals surface area contributed by atoms with Gasteiger partial charge in [0, 0.05) is 41.9 Å². The maximum atomic E-state index is 12.0. The molecule has 1 aliphatic heterocycles. The fraction of sp³-hybridized carbons (Fsp3) is 0.476. The predicted molar refractivity (Wildman–Crippen MR) is 131 cm³/mol. The Balaban J connectivity index is 0.00000300. The summed E-state index contributed by atoms with van der Waals surface area (Å²) in [4.78, 5) is 21.4. The lowest BCUT2D eigenvalue weighted by Crippen LogP contribution is -2.40. The van der Waals surface area contributed by atoms with Crippen molar-refractivity contribution in [3.05, 3.63) is 45.9 Å². The molecule has 1 aliphatic rings. The number of carbonyl (C=O) groups is 1. The highest BCUT2D eigenvalue weighted by Gasteiger charge is 2.24. The monoisotopic (exact) mass is 527 g/mol. The number of nitrogens with zero attached hydrogens (tertiary/aromatic N) is 2. The SMILES string of the molecule is CCNC(=NCc1nc(C(C)(C)C)cs1)NCC1CC(=O)Nc2ccccc21.I. The lowest BCUT2D eigenvalue weighted by molar-refractivity contribution is -0.116. The Morgan fingerprint density at radius 2 is 2.07 bits per heavy atom. The smallest absolute Gasteiger partial charge is 0.225 e. The highest BCUT2D eigenvalue weighted by Crippen LogP contribution is 2.31. The molecule has 3 rings (SSSR count).